The van der Waals surface area contributed by atoms with Crippen LogP contribution >= 0.6 is 0 Å². The number of aliphatic hydroxyl groups is 1. The highest BCUT2D eigenvalue weighted by Gasteiger charge is 2.28. The average Bonchev–Trinajstić information content (AvgIpc) is 3.35. The molecule has 3 aromatic heterocycles. The molecule has 3 heterocycles. The molecule has 0 radical (unpaired) electrons. The largest absolute Gasteiger partial charge is 0.453 e. The molecule has 0 bridgehead atoms. The van der Waals surface area contributed by atoms with Crippen molar-refractivity contribution in [3.63, 3.8) is 0 Å². The molecule has 1 fully saturated rings. The Hall–Kier alpha value is -4.24. The van der Waals surface area contributed by atoms with E-state index < -0.39 is 23.8 Å². The van der Waals surface area contributed by atoms with Crippen molar-refractivity contribution in [2.75, 3.05) is 19.0 Å². The van der Waals surface area contributed by atoms with E-state index in [-0.39, 0.29) is 24.2 Å². The Balaban J connectivity index is 1.59. The molecule has 0 unspecified atom stereocenters. The number of alkyl halides is 1. The van der Waals surface area contributed by atoms with E-state index in [2.05, 4.69) is 36.8 Å². The van der Waals surface area contributed by atoms with Gasteiger partial charge in [-0.25, -0.2) is 13.7 Å². The van der Waals surface area contributed by atoms with Gasteiger partial charge in [0.1, 0.15) is 12.2 Å². The highest BCUT2D eigenvalue weighted by Crippen LogP contribution is 2.29. The molecule has 0 aliphatic heterocycles. The van der Waals surface area contributed by atoms with Gasteiger partial charge in [-0.2, -0.15) is 10.4 Å². The number of hydrogen-bond donors (Lipinski definition) is 4. The molecule has 4 N–H and O–H groups in total. The maximum Gasteiger partial charge on any atom is 0.407 e. The van der Waals surface area contributed by atoms with Crippen LogP contribution in [-0.2, 0) is 4.74 Å². The number of ether oxygens (including phenoxy) is 1. The van der Waals surface area contributed by atoms with Crippen LogP contribution in [0.5, 0.6) is 0 Å². The van der Waals surface area contributed by atoms with Gasteiger partial charge in [0.2, 0.25) is 0 Å². The number of halogens is 1. The number of hydrogen-bond acceptors (Lipinski definition) is 8. The first-order valence-corrected chi connectivity index (χ1v) is 12.7. The van der Waals surface area contributed by atoms with Crippen LogP contribution in [0, 0.1) is 11.3 Å². The van der Waals surface area contributed by atoms with Crippen molar-refractivity contribution in [3.05, 3.63) is 47.8 Å². The summed E-state index contributed by atoms with van der Waals surface area (Å²) >= 11 is 0. The van der Waals surface area contributed by atoms with E-state index in [4.69, 9.17) is 5.26 Å². The summed E-state index contributed by atoms with van der Waals surface area (Å²) in [6, 6.07) is 9.22. The molecule has 4 rings (SSSR count). The van der Waals surface area contributed by atoms with Gasteiger partial charge in [0.05, 0.1) is 59.2 Å². The Morgan fingerprint density at radius 3 is 2.62 bits per heavy atom. The van der Waals surface area contributed by atoms with Gasteiger partial charge in [-0.15, -0.1) is 0 Å². The molecule has 11 nitrogen and oxygen atoms in total. The zero-order valence-electron chi connectivity index (χ0n) is 22.1. The van der Waals surface area contributed by atoms with Crippen LogP contribution in [0.3, 0.4) is 0 Å². The van der Waals surface area contributed by atoms with Crippen molar-refractivity contribution in [3.8, 4) is 17.5 Å². The number of nitriles is 1. The minimum absolute atomic E-state index is 0.00560. The zero-order chi connectivity index (χ0) is 28.2. The fourth-order valence-corrected chi connectivity index (χ4v) is 4.50. The highest BCUT2D eigenvalue weighted by atomic mass is 19.1. The fourth-order valence-electron chi connectivity index (χ4n) is 4.50. The number of pyridine rings is 1. The minimum atomic E-state index is -1.65. The number of carbonyl (C=O) groups excluding carboxylic acids is 2. The van der Waals surface area contributed by atoms with Crippen LogP contribution in [0.25, 0.3) is 16.9 Å². The molecule has 1 aliphatic rings. The van der Waals surface area contributed by atoms with Gasteiger partial charge in [-0.3, -0.25) is 9.78 Å². The first-order chi connectivity index (χ1) is 18.6. The maximum absolute atomic E-state index is 14.3. The molecule has 1 aliphatic carbocycles. The Morgan fingerprint density at radius 2 is 1.95 bits per heavy atom. The van der Waals surface area contributed by atoms with Gasteiger partial charge in [0.15, 0.2) is 0 Å². The van der Waals surface area contributed by atoms with E-state index in [9.17, 15) is 19.1 Å². The van der Waals surface area contributed by atoms with Gasteiger partial charge in [0.25, 0.3) is 5.91 Å². The summed E-state index contributed by atoms with van der Waals surface area (Å²) < 4.78 is 20.6. The fraction of sp³-hybridized carbons (Fsp3) is 0.444. The van der Waals surface area contributed by atoms with Gasteiger partial charge >= 0.3 is 6.09 Å². The molecule has 12 heteroatoms. The molecule has 0 aromatic carbocycles. The second-order valence-corrected chi connectivity index (χ2v) is 10.2. The molecule has 206 valence electrons. The van der Waals surface area contributed by atoms with Crippen molar-refractivity contribution >= 4 is 23.2 Å². The number of aromatic nitrogens is 3. The number of methoxy groups -OCH3 is 1. The summed E-state index contributed by atoms with van der Waals surface area (Å²) in [5, 5.41) is 32.2. The summed E-state index contributed by atoms with van der Waals surface area (Å²) in [5.41, 5.74) is 1.53. The van der Waals surface area contributed by atoms with Crippen LogP contribution in [0.4, 0.5) is 14.9 Å². The number of carbonyl (C=O) groups is 2. The lowest BCUT2D eigenvalue weighted by molar-refractivity contribution is -0.00177. The predicted octanol–water partition coefficient (Wildman–Crippen LogP) is 3.19. The molecule has 39 heavy (non-hydrogen) atoms. The monoisotopic (exact) mass is 537 g/mol. The van der Waals surface area contributed by atoms with Crippen molar-refractivity contribution in [1.82, 2.24) is 25.2 Å². The van der Waals surface area contributed by atoms with Crippen LogP contribution in [0.2, 0.25) is 0 Å². The van der Waals surface area contributed by atoms with E-state index in [1.807, 2.05) is 12.1 Å². The Bertz CT molecular complexity index is 1390. The van der Waals surface area contributed by atoms with Crippen molar-refractivity contribution in [2.45, 2.75) is 63.4 Å². The quantitative estimate of drug-likeness (QED) is 0.342. The Labute approximate surface area is 225 Å². The lowest BCUT2D eigenvalue weighted by Gasteiger charge is -2.30. The minimum Gasteiger partial charge on any atom is -0.453 e. The van der Waals surface area contributed by atoms with E-state index in [0.717, 1.165) is 31.2 Å². The number of anilines is 1. The van der Waals surface area contributed by atoms with Crippen LogP contribution in [0.1, 0.15) is 55.5 Å². The third kappa shape index (κ3) is 6.61. The highest BCUT2D eigenvalue weighted by molar-refractivity contribution is 6.00. The van der Waals surface area contributed by atoms with Crippen molar-refractivity contribution in [2.24, 2.45) is 0 Å². The van der Waals surface area contributed by atoms with E-state index >= 15 is 0 Å². The number of rotatable bonds is 8. The molecule has 2 amide bonds. The standard InChI is InChI=1S/C27H32FN7O4/c1-27(2,38)24(28)15-31-25(36)20-14-30-22(23-9-8-19-10-16(12-29)13-32-35(19)23)11-21(20)33-17-4-6-18(7-5-17)34-26(37)39-3/h8-11,13-14,17-18,24,38H,4-7,15H2,1-3H3,(H,30,33)(H,31,36)(H,34,37)/t17-,18-,24-/m1/s1. The second kappa shape index (κ2) is 11.7. The SMILES string of the molecule is COC(=O)N[C@H]1CC[C@H](Nc2cc(-c3ccc4cc(C#N)cnn34)ncc2C(=O)NC[C@@H](F)C(C)(C)O)CC1. The van der Waals surface area contributed by atoms with Crippen molar-refractivity contribution < 1.29 is 23.8 Å². The van der Waals surface area contributed by atoms with Crippen LogP contribution in [0.15, 0.2) is 36.7 Å². The smallest absolute Gasteiger partial charge is 0.407 e. The molecule has 0 spiro atoms. The van der Waals surface area contributed by atoms with Gasteiger partial charge in [-0.1, -0.05) is 0 Å². The lowest BCUT2D eigenvalue weighted by atomic mass is 9.91. The predicted molar refractivity (Wildman–Crippen MR) is 142 cm³/mol. The van der Waals surface area contributed by atoms with Gasteiger partial charge < -0.3 is 25.8 Å². The molecular formula is C27H32FN7O4. The number of nitrogens with one attached hydrogen (secondary N) is 3. The zero-order valence-corrected chi connectivity index (χ0v) is 22.1. The molecule has 1 saturated carbocycles. The third-order valence-corrected chi connectivity index (χ3v) is 6.84. The van der Waals surface area contributed by atoms with E-state index in [0.29, 0.717) is 22.6 Å². The maximum atomic E-state index is 14.3. The van der Waals surface area contributed by atoms with Crippen LogP contribution < -0.4 is 16.0 Å². The normalized spacial score (nSPS) is 18.2. The van der Waals surface area contributed by atoms with Crippen LogP contribution in [-0.4, -0.2) is 69.2 Å². The summed E-state index contributed by atoms with van der Waals surface area (Å²) in [4.78, 5) is 29.1. The van der Waals surface area contributed by atoms with Gasteiger partial charge in [-0.05, 0) is 63.8 Å². The Kier molecular flexibility index (Phi) is 8.30. The second-order valence-electron chi connectivity index (χ2n) is 10.2. The summed E-state index contributed by atoms with van der Waals surface area (Å²) in [7, 11) is 1.33. The third-order valence-electron chi connectivity index (χ3n) is 6.84. The number of amides is 2. The molecular weight excluding hydrogens is 505 g/mol. The lowest BCUT2D eigenvalue weighted by Crippen LogP contribution is -2.42. The van der Waals surface area contributed by atoms with E-state index in [1.54, 1.807) is 16.6 Å². The number of nitrogens with zero attached hydrogens (tertiary/aromatic N) is 4. The van der Waals surface area contributed by atoms with Gasteiger partial charge in [0, 0.05) is 18.3 Å². The number of alkyl carbamates (subject to hydrolysis) is 1. The number of fused-ring (bicyclic) bond motifs is 1. The Morgan fingerprint density at radius 1 is 1.23 bits per heavy atom. The van der Waals surface area contributed by atoms with E-state index in [1.165, 1.54) is 33.4 Å². The first-order valence-electron chi connectivity index (χ1n) is 12.7. The average molecular weight is 538 g/mol. The first kappa shape index (κ1) is 27.8. The van der Waals surface area contributed by atoms with Crippen molar-refractivity contribution in [1.29, 1.82) is 5.26 Å². The molecule has 3 aromatic rings. The summed E-state index contributed by atoms with van der Waals surface area (Å²) in [6.07, 6.45) is 3.73. The summed E-state index contributed by atoms with van der Waals surface area (Å²) in [6.45, 7) is 2.32. The molecule has 0 saturated heterocycles. The summed E-state index contributed by atoms with van der Waals surface area (Å²) in [5.74, 6) is -0.527. The topological polar surface area (TPSA) is 154 Å². The molecule has 1 atom stereocenters.